The van der Waals surface area contributed by atoms with Crippen molar-refractivity contribution in [2.24, 2.45) is 7.05 Å². The van der Waals surface area contributed by atoms with E-state index in [2.05, 4.69) is 31.0 Å². The quantitative estimate of drug-likeness (QED) is 0.593. The zero-order valence-electron chi connectivity index (χ0n) is 14.8. The monoisotopic (exact) mass is 349 g/mol. The Balaban J connectivity index is 1.79. The Hall–Kier alpha value is -3.35. The van der Waals surface area contributed by atoms with Gasteiger partial charge in [0.05, 0.1) is 31.2 Å². The maximum atomic E-state index is 11.1. The average Bonchev–Trinajstić information content (AvgIpc) is 3.20. The van der Waals surface area contributed by atoms with Crippen LogP contribution < -0.4 is 10.1 Å². The number of carbonyl (C=O) groups is 1. The number of H-pyrrole nitrogens is 1. The number of carbonyl (C=O) groups excluding carboxylic acids is 1. The lowest BCUT2D eigenvalue weighted by atomic mass is 10.1. The molecular formula is C19H19N5O2. The summed E-state index contributed by atoms with van der Waals surface area (Å²) in [5, 5.41) is 3.83. The second-order valence-electron chi connectivity index (χ2n) is 6.22. The summed E-state index contributed by atoms with van der Waals surface area (Å²) in [6, 6.07) is 8.00. The zero-order valence-corrected chi connectivity index (χ0v) is 14.8. The molecule has 0 atom stereocenters. The molecule has 0 aliphatic rings. The van der Waals surface area contributed by atoms with Gasteiger partial charge in [-0.3, -0.25) is 4.79 Å². The maximum absolute atomic E-state index is 11.1. The molecule has 0 saturated heterocycles. The fourth-order valence-corrected chi connectivity index (χ4v) is 3.10. The predicted molar refractivity (Wildman–Crippen MR) is 99.9 cm³/mol. The highest BCUT2D eigenvalue weighted by Gasteiger charge is 2.13. The lowest BCUT2D eigenvalue weighted by Crippen LogP contribution is -2.19. The van der Waals surface area contributed by atoms with Crippen molar-refractivity contribution in [2.45, 2.75) is 13.5 Å². The van der Waals surface area contributed by atoms with Crippen molar-refractivity contribution < 1.29 is 9.53 Å². The van der Waals surface area contributed by atoms with Crippen LogP contribution in [0.5, 0.6) is 5.75 Å². The van der Waals surface area contributed by atoms with E-state index in [-0.39, 0.29) is 5.91 Å². The molecule has 2 N–H and O–H groups in total. The minimum Gasteiger partial charge on any atom is -0.497 e. The first kappa shape index (κ1) is 16.1. The standard InChI is InChI=1S/C19H19N5O2/c1-11(25)20-8-12-9-21-19-17(22-12)7-16(23-19)15-10-24(2)18-5-4-13(26-3)6-14(15)18/h4-7,9-10H,8H2,1-3H3,(H,20,25)(H,21,23). The number of hydrogen-bond donors (Lipinski definition) is 2. The highest BCUT2D eigenvalue weighted by molar-refractivity contribution is 5.98. The number of benzene rings is 1. The predicted octanol–water partition coefficient (Wildman–Crippen LogP) is 2.76. The largest absolute Gasteiger partial charge is 0.497 e. The Morgan fingerprint density at radius 1 is 1.35 bits per heavy atom. The van der Waals surface area contributed by atoms with E-state index in [4.69, 9.17) is 4.74 Å². The Labute approximate surface area is 150 Å². The summed E-state index contributed by atoms with van der Waals surface area (Å²) in [5.41, 5.74) is 5.32. The molecule has 0 aliphatic carbocycles. The third kappa shape index (κ3) is 2.77. The van der Waals surface area contributed by atoms with Crippen LogP contribution in [0.3, 0.4) is 0 Å². The highest BCUT2D eigenvalue weighted by Crippen LogP contribution is 2.33. The molecular weight excluding hydrogens is 330 g/mol. The second-order valence-corrected chi connectivity index (χ2v) is 6.22. The number of rotatable bonds is 4. The van der Waals surface area contributed by atoms with Crippen molar-refractivity contribution in [3.63, 3.8) is 0 Å². The Kier molecular flexibility index (Phi) is 3.84. The van der Waals surface area contributed by atoms with Gasteiger partial charge < -0.3 is 19.6 Å². The summed E-state index contributed by atoms with van der Waals surface area (Å²) in [5.74, 6) is 0.723. The Bertz CT molecular complexity index is 1130. The molecule has 7 heteroatoms. The van der Waals surface area contributed by atoms with Gasteiger partial charge in [0.2, 0.25) is 5.91 Å². The van der Waals surface area contributed by atoms with Crippen molar-refractivity contribution in [1.29, 1.82) is 0 Å². The van der Waals surface area contributed by atoms with Gasteiger partial charge in [0.25, 0.3) is 0 Å². The summed E-state index contributed by atoms with van der Waals surface area (Å²) < 4.78 is 7.45. The zero-order chi connectivity index (χ0) is 18.3. The molecule has 0 bridgehead atoms. The molecule has 0 fully saturated rings. The van der Waals surface area contributed by atoms with Crippen LogP contribution in [0.15, 0.2) is 36.7 Å². The topological polar surface area (TPSA) is 84.8 Å². The molecule has 0 aliphatic heterocycles. The van der Waals surface area contributed by atoms with Crippen LogP contribution in [0.2, 0.25) is 0 Å². The van der Waals surface area contributed by atoms with Gasteiger partial charge in [-0.1, -0.05) is 0 Å². The molecule has 4 aromatic rings. The van der Waals surface area contributed by atoms with E-state index >= 15 is 0 Å². The number of aromatic amines is 1. The second kappa shape index (κ2) is 6.18. The SMILES string of the molecule is COc1ccc2c(c1)c(-c1cc3nc(CNC(C)=O)cnc3[nH]1)cn2C. The number of amides is 1. The van der Waals surface area contributed by atoms with Crippen LogP contribution in [-0.4, -0.2) is 32.5 Å². The smallest absolute Gasteiger partial charge is 0.217 e. The van der Waals surface area contributed by atoms with Crippen LogP contribution in [0.4, 0.5) is 0 Å². The van der Waals surface area contributed by atoms with Gasteiger partial charge >= 0.3 is 0 Å². The molecule has 3 aromatic heterocycles. The van der Waals surface area contributed by atoms with Crippen molar-refractivity contribution >= 4 is 28.0 Å². The van der Waals surface area contributed by atoms with Crippen molar-refractivity contribution in [3.05, 3.63) is 42.4 Å². The fraction of sp³-hybridized carbons (Fsp3) is 0.211. The number of fused-ring (bicyclic) bond motifs is 2. The van der Waals surface area contributed by atoms with E-state index in [0.29, 0.717) is 12.2 Å². The fourth-order valence-electron chi connectivity index (χ4n) is 3.10. The minimum atomic E-state index is -0.0913. The van der Waals surface area contributed by atoms with Crippen LogP contribution in [0, 0.1) is 0 Å². The molecule has 0 spiro atoms. The first-order valence-corrected chi connectivity index (χ1v) is 8.27. The number of methoxy groups -OCH3 is 1. The molecule has 1 amide bonds. The van der Waals surface area contributed by atoms with Crippen LogP contribution in [0.1, 0.15) is 12.6 Å². The Morgan fingerprint density at radius 3 is 2.96 bits per heavy atom. The van der Waals surface area contributed by atoms with E-state index in [0.717, 1.165) is 39.1 Å². The lowest BCUT2D eigenvalue weighted by molar-refractivity contribution is -0.119. The van der Waals surface area contributed by atoms with E-state index in [1.54, 1.807) is 13.3 Å². The average molecular weight is 349 g/mol. The van der Waals surface area contributed by atoms with E-state index < -0.39 is 0 Å². The molecule has 26 heavy (non-hydrogen) atoms. The first-order chi connectivity index (χ1) is 12.5. The van der Waals surface area contributed by atoms with Gasteiger partial charge in [0.15, 0.2) is 5.65 Å². The van der Waals surface area contributed by atoms with Crippen molar-refractivity contribution in [3.8, 4) is 17.0 Å². The molecule has 3 heterocycles. The number of aryl methyl sites for hydroxylation is 1. The molecule has 132 valence electrons. The first-order valence-electron chi connectivity index (χ1n) is 8.27. The highest BCUT2D eigenvalue weighted by atomic mass is 16.5. The van der Waals surface area contributed by atoms with Crippen LogP contribution in [0.25, 0.3) is 33.3 Å². The summed E-state index contributed by atoms with van der Waals surface area (Å²) in [4.78, 5) is 23.4. The number of nitrogens with zero attached hydrogens (tertiary/aromatic N) is 3. The van der Waals surface area contributed by atoms with E-state index in [1.807, 2.05) is 31.3 Å². The summed E-state index contributed by atoms with van der Waals surface area (Å²) in [7, 11) is 3.68. The lowest BCUT2D eigenvalue weighted by Gasteiger charge is -2.01. The van der Waals surface area contributed by atoms with E-state index in [9.17, 15) is 4.79 Å². The van der Waals surface area contributed by atoms with Crippen molar-refractivity contribution in [1.82, 2.24) is 24.8 Å². The molecule has 0 saturated carbocycles. The van der Waals surface area contributed by atoms with Gasteiger partial charge in [-0.2, -0.15) is 0 Å². The molecule has 7 nitrogen and oxygen atoms in total. The van der Waals surface area contributed by atoms with Gasteiger partial charge in [0.1, 0.15) is 11.3 Å². The number of hydrogen-bond acceptors (Lipinski definition) is 4. The van der Waals surface area contributed by atoms with Gasteiger partial charge in [-0.25, -0.2) is 9.97 Å². The summed E-state index contributed by atoms with van der Waals surface area (Å²) in [6.07, 6.45) is 3.75. The number of nitrogens with one attached hydrogen (secondary N) is 2. The molecule has 4 rings (SSSR count). The molecule has 1 aromatic carbocycles. The van der Waals surface area contributed by atoms with Crippen LogP contribution in [-0.2, 0) is 18.4 Å². The summed E-state index contributed by atoms with van der Waals surface area (Å²) >= 11 is 0. The summed E-state index contributed by atoms with van der Waals surface area (Å²) in [6.45, 7) is 1.85. The number of aromatic nitrogens is 4. The maximum Gasteiger partial charge on any atom is 0.217 e. The third-order valence-electron chi connectivity index (χ3n) is 4.39. The molecule has 0 unspecified atom stereocenters. The van der Waals surface area contributed by atoms with Crippen LogP contribution >= 0.6 is 0 Å². The Morgan fingerprint density at radius 2 is 2.19 bits per heavy atom. The normalized spacial score (nSPS) is 11.2. The minimum absolute atomic E-state index is 0.0913. The molecule has 0 radical (unpaired) electrons. The third-order valence-corrected chi connectivity index (χ3v) is 4.39. The van der Waals surface area contributed by atoms with E-state index in [1.165, 1.54) is 6.92 Å². The van der Waals surface area contributed by atoms with Gasteiger partial charge in [-0.15, -0.1) is 0 Å². The van der Waals surface area contributed by atoms with Crippen molar-refractivity contribution in [2.75, 3.05) is 7.11 Å². The van der Waals surface area contributed by atoms with Gasteiger partial charge in [0, 0.05) is 36.6 Å². The van der Waals surface area contributed by atoms with Gasteiger partial charge in [-0.05, 0) is 24.3 Å². The number of ether oxygens (including phenoxy) is 1.